The van der Waals surface area contributed by atoms with Crippen molar-refractivity contribution in [2.75, 3.05) is 26.2 Å². The first-order valence-corrected chi connectivity index (χ1v) is 6.75. The molecule has 0 aliphatic carbocycles. The summed E-state index contributed by atoms with van der Waals surface area (Å²) in [5, 5.41) is 13.5. The van der Waals surface area contributed by atoms with Crippen LogP contribution in [0.4, 0.5) is 4.39 Å². The van der Waals surface area contributed by atoms with Gasteiger partial charge in [0.05, 0.1) is 0 Å². The van der Waals surface area contributed by atoms with Crippen LogP contribution in [0, 0.1) is 5.82 Å². The van der Waals surface area contributed by atoms with Crippen molar-refractivity contribution in [2.24, 2.45) is 0 Å². The normalized spacial score (nSPS) is 16.5. The van der Waals surface area contributed by atoms with Crippen molar-refractivity contribution in [3.05, 3.63) is 41.2 Å². The quantitative estimate of drug-likeness (QED) is 0.809. The Labute approximate surface area is 142 Å². The van der Waals surface area contributed by atoms with Crippen LogP contribution in [0.15, 0.2) is 24.8 Å². The Morgan fingerprint density at radius 1 is 1.38 bits per heavy atom. The fourth-order valence-electron chi connectivity index (χ4n) is 2.46. The second kappa shape index (κ2) is 9.49. The highest BCUT2D eigenvalue weighted by Crippen LogP contribution is 2.35. The number of halogens is 4. The standard InChI is InChI=1S/C14H18ClFN2O.2ClH/c1-2-3-13(18-6-4-17-5-7-18)11-8-10(15)9-12(16)14(11)19;;/h2,8-9,13,17,19H,1,3-7H2;2*1H/t13-;;/m0../s1. The van der Waals surface area contributed by atoms with Crippen LogP contribution in [0.1, 0.15) is 18.0 Å². The predicted molar refractivity (Wildman–Crippen MR) is 89.6 cm³/mol. The summed E-state index contributed by atoms with van der Waals surface area (Å²) >= 11 is 5.90. The molecule has 21 heavy (non-hydrogen) atoms. The van der Waals surface area contributed by atoms with Gasteiger partial charge in [-0.15, -0.1) is 31.4 Å². The fraction of sp³-hybridized carbons (Fsp3) is 0.429. The molecule has 120 valence electrons. The molecule has 1 atom stereocenters. The lowest BCUT2D eigenvalue weighted by Gasteiger charge is -2.35. The summed E-state index contributed by atoms with van der Waals surface area (Å²) in [7, 11) is 0. The summed E-state index contributed by atoms with van der Waals surface area (Å²) in [6.45, 7) is 7.22. The molecule has 0 bridgehead atoms. The van der Waals surface area contributed by atoms with Gasteiger partial charge in [0.1, 0.15) is 0 Å². The van der Waals surface area contributed by atoms with Gasteiger partial charge in [0, 0.05) is 42.8 Å². The highest BCUT2D eigenvalue weighted by molar-refractivity contribution is 6.30. The minimum absolute atomic E-state index is 0. The van der Waals surface area contributed by atoms with Crippen LogP contribution in [0.5, 0.6) is 5.75 Å². The first-order chi connectivity index (χ1) is 9.13. The molecule has 0 amide bonds. The van der Waals surface area contributed by atoms with Crippen molar-refractivity contribution < 1.29 is 9.50 Å². The number of nitrogens with zero attached hydrogens (tertiary/aromatic N) is 1. The van der Waals surface area contributed by atoms with E-state index < -0.39 is 5.82 Å². The molecule has 2 N–H and O–H groups in total. The summed E-state index contributed by atoms with van der Waals surface area (Å²) in [5.41, 5.74) is 0.534. The van der Waals surface area contributed by atoms with Gasteiger partial charge >= 0.3 is 0 Å². The molecule has 1 aromatic rings. The lowest BCUT2D eigenvalue weighted by Crippen LogP contribution is -2.45. The zero-order valence-electron chi connectivity index (χ0n) is 11.5. The summed E-state index contributed by atoms with van der Waals surface area (Å²) in [6.07, 6.45) is 2.43. The van der Waals surface area contributed by atoms with Gasteiger partial charge in [0.25, 0.3) is 0 Å². The Balaban J connectivity index is 0.00000200. The van der Waals surface area contributed by atoms with Gasteiger partial charge in [-0.25, -0.2) is 4.39 Å². The highest BCUT2D eigenvalue weighted by atomic mass is 35.5. The van der Waals surface area contributed by atoms with E-state index in [2.05, 4.69) is 16.8 Å². The van der Waals surface area contributed by atoms with E-state index >= 15 is 0 Å². The average molecular weight is 358 g/mol. The summed E-state index contributed by atoms with van der Waals surface area (Å²) in [4.78, 5) is 2.21. The summed E-state index contributed by atoms with van der Waals surface area (Å²) in [6, 6.07) is 2.67. The van der Waals surface area contributed by atoms with E-state index in [1.165, 1.54) is 0 Å². The molecule has 1 saturated heterocycles. The Morgan fingerprint density at radius 2 is 2.00 bits per heavy atom. The summed E-state index contributed by atoms with van der Waals surface area (Å²) < 4.78 is 13.6. The number of phenols is 1. The molecule has 1 aromatic carbocycles. The minimum Gasteiger partial charge on any atom is -0.505 e. The molecule has 1 fully saturated rings. The van der Waals surface area contributed by atoms with Crippen LogP contribution in [0.25, 0.3) is 0 Å². The maximum Gasteiger partial charge on any atom is 0.166 e. The number of benzene rings is 1. The molecule has 1 aliphatic rings. The number of hydrogen-bond donors (Lipinski definition) is 2. The SMILES string of the molecule is C=CC[C@@H](c1cc(Cl)cc(F)c1O)N1CCNCC1.Cl.Cl. The van der Waals surface area contributed by atoms with Crippen molar-refractivity contribution >= 4 is 36.4 Å². The van der Waals surface area contributed by atoms with Crippen molar-refractivity contribution in [3.8, 4) is 5.75 Å². The first kappa shape index (κ1) is 20.5. The number of rotatable bonds is 4. The predicted octanol–water partition coefficient (Wildman–Crippen LogP) is 3.55. The van der Waals surface area contributed by atoms with Gasteiger partial charge in [0.2, 0.25) is 0 Å². The van der Waals surface area contributed by atoms with E-state index in [0.29, 0.717) is 17.0 Å². The zero-order chi connectivity index (χ0) is 13.8. The number of phenolic OH excluding ortho intramolecular Hbond substituents is 1. The minimum atomic E-state index is -0.674. The third-order valence-electron chi connectivity index (χ3n) is 3.40. The zero-order valence-corrected chi connectivity index (χ0v) is 13.9. The lowest BCUT2D eigenvalue weighted by molar-refractivity contribution is 0.171. The molecule has 0 radical (unpaired) electrons. The molecule has 0 aromatic heterocycles. The third kappa shape index (κ3) is 5.01. The molecule has 2 rings (SSSR count). The molecule has 0 unspecified atom stereocenters. The maximum atomic E-state index is 13.6. The topological polar surface area (TPSA) is 35.5 Å². The van der Waals surface area contributed by atoms with Crippen LogP contribution in [-0.2, 0) is 0 Å². The van der Waals surface area contributed by atoms with Crippen LogP contribution in [0.3, 0.4) is 0 Å². The van der Waals surface area contributed by atoms with Crippen LogP contribution in [-0.4, -0.2) is 36.2 Å². The van der Waals surface area contributed by atoms with Crippen LogP contribution in [0.2, 0.25) is 5.02 Å². The lowest BCUT2D eigenvalue weighted by atomic mass is 10.00. The van der Waals surface area contributed by atoms with E-state index in [0.717, 1.165) is 32.2 Å². The molecule has 3 nitrogen and oxygen atoms in total. The number of piperazine rings is 1. The Bertz CT molecular complexity index is 468. The molecular weight excluding hydrogens is 338 g/mol. The van der Waals surface area contributed by atoms with Crippen molar-refractivity contribution in [3.63, 3.8) is 0 Å². The van der Waals surface area contributed by atoms with Crippen molar-refractivity contribution in [1.29, 1.82) is 0 Å². The smallest absolute Gasteiger partial charge is 0.166 e. The highest BCUT2D eigenvalue weighted by Gasteiger charge is 2.25. The van der Waals surface area contributed by atoms with Gasteiger partial charge in [0.15, 0.2) is 11.6 Å². The van der Waals surface area contributed by atoms with Crippen molar-refractivity contribution in [1.82, 2.24) is 10.2 Å². The molecule has 7 heteroatoms. The Hall–Kier alpha value is -0.520. The molecule has 1 aliphatic heterocycles. The van der Waals surface area contributed by atoms with E-state index in [1.807, 2.05) is 0 Å². The second-order valence-corrected chi connectivity index (χ2v) is 5.09. The Morgan fingerprint density at radius 3 is 2.57 bits per heavy atom. The van der Waals surface area contributed by atoms with E-state index in [1.54, 1.807) is 12.1 Å². The number of hydrogen-bond acceptors (Lipinski definition) is 3. The van der Waals surface area contributed by atoms with Gasteiger partial charge in [-0.2, -0.15) is 0 Å². The number of nitrogens with one attached hydrogen (secondary N) is 1. The largest absolute Gasteiger partial charge is 0.505 e. The number of aromatic hydroxyl groups is 1. The Kier molecular flexibility index (Phi) is 9.25. The van der Waals surface area contributed by atoms with Gasteiger partial charge < -0.3 is 10.4 Å². The first-order valence-electron chi connectivity index (χ1n) is 6.37. The molecule has 0 saturated carbocycles. The average Bonchev–Trinajstić information content (AvgIpc) is 2.41. The van der Waals surface area contributed by atoms with Gasteiger partial charge in [-0.3, -0.25) is 4.90 Å². The van der Waals surface area contributed by atoms with E-state index in [9.17, 15) is 9.50 Å². The van der Waals surface area contributed by atoms with E-state index in [4.69, 9.17) is 11.6 Å². The third-order valence-corrected chi connectivity index (χ3v) is 3.62. The molecule has 0 spiro atoms. The van der Waals surface area contributed by atoms with Gasteiger partial charge in [-0.05, 0) is 18.6 Å². The fourth-order valence-corrected chi connectivity index (χ4v) is 2.68. The summed E-state index contributed by atoms with van der Waals surface area (Å²) in [5.74, 6) is -0.985. The van der Waals surface area contributed by atoms with Crippen LogP contribution >= 0.6 is 36.4 Å². The molecule has 1 heterocycles. The van der Waals surface area contributed by atoms with Crippen molar-refractivity contribution in [2.45, 2.75) is 12.5 Å². The van der Waals surface area contributed by atoms with Crippen LogP contribution < -0.4 is 5.32 Å². The van der Waals surface area contributed by atoms with E-state index in [-0.39, 0.29) is 36.6 Å². The molecular formula is C14H20Cl3FN2O. The second-order valence-electron chi connectivity index (χ2n) is 4.65. The maximum absolute atomic E-state index is 13.6. The van der Waals surface area contributed by atoms with Gasteiger partial charge in [-0.1, -0.05) is 17.7 Å². The monoisotopic (exact) mass is 356 g/mol.